The minimum absolute atomic E-state index is 0.0110. The van der Waals surface area contributed by atoms with Crippen molar-refractivity contribution in [3.8, 4) is 6.07 Å². The van der Waals surface area contributed by atoms with Crippen molar-refractivity contribution in [1.82, 2.24) is 4.90 Å². The molecule has 0 saturated carbocycles. The molecule has 0 aliphatic carbocycles. The third-order valence-electron chi connectivity index (χ3n) is 7.31. The second-order valence-electron chi connectivity index (χ2n) is 11.3. The lowest BCUT2D eigenvalue weighted by Crippen LogP contribution is -2.41. The van der Waals surface area contributed by atoms with Gasteiger partial charge in [-0.25, -0.2) is 13.6 Å². The number of hydrogen-bond acceptors (Lipinski definition) is 3. The molecule has 1 unspecified atom stereocenters. The van der Waals surface area contributed by atoms with Gasteiger partial charge in [0.1, 0.15) is 17.0 Å². The second-order valence-corrected chi connectivity index (χ2v) is 11.7. The van der Waals surface area contributed by atoms with E-state index in [9.17, 15) is 20.0 Å². The molecule has 1 amide bonds. The van der Waals surface area contributed by atoms with Crippen LogP contribution in [0.15, 0.2) is 60.7 Å². The van der Waals surface area contributed by atoms with Gasteiger partial charge >= 0.3 is 5.97 Å². The average Bonchev–Trinajstić information content (AvgIpc) is 3.18. The van der Waals surface area contributed by atoms with Crippen molar-refractivity contribution in [1.29, 1.82) is 5.26 Å². The number of carbonyl (C=O) groups is 2. The minimum Gasteiger partial charge on any atom is -0.478 e. The van der Waals surface area contributed by atoms with Crippen molar-refractivity contribution < 1.29 is 23.5 Å². The molecule has 0 radical (unpaired) electrons. The highest BCUT2D eigenvalue weighted by atomic mass is 35.5. The van der Waals surface area contributed by atoms with Crippen molar-refractivity contribution in [2.45, 2.75) is 45.6 Å². The van der Waals surface area contributed by atoms with E-state index in [4.69, 9.17) is 11.6 Å². The van der Waals surface area contributed by atoms with Gasteiger partial charge in [0.25, 0.3) is 5.91 Å². The summed E-state index contributed by atoms with van der Waals surface area (Å²) in [6.07, 6.45) is 0.422. The summed E-state index contributed by atoms with van der Waals surface area (Å²) in [6, 6.07) is 15.5. The molecule has 1 aliphatic heterocycles. The number of rotatable bonds is 5. The van der Waals surface area contributed by atoms with Crippen LogP contribution < -0.4 is 0 Å². The third kappa shape index (κ3) is 5.14. The Labute approximate surface area is 231 Å². The fourth-order valence-corrected chi connectivity index (χ4v) is 5.93. The summed E-state index contributed by atoms with van der Waals surface area (Å²) in [5.74, 6) is -3.81. The average molecular weight is 551 g/mol. The standard InChI is InChI=1S/C31H29ClF2N2O3/c1-18-11-12-23(25(33)13-18)31(17-35)21(15-30(2,3)4)16-36(27(31)22-9-6-10-24(32)26(22)34)28(37)19-7-5-8-20(14-19)29(38)39/h5-14,21,27H,15-16H2,1-4H3,(H,38,39)/t21-,27-,31?/m1/s1. The second kappa shape index (κ2) is 10.4. The Balaban J connectivity index is 2.04. The number of hydrogen-bond donors (Lipinski definition) is 1. The van der Waals surface area contributed by atoms with Crippen LogP contribution in [0.1, 0.15) is 70.6 Å². The van der Waals surface area contributed by atoms with Gasteiger partial charge in [-0.2, -0.15) is 5.26 Å². The Morgan fingerprint density at radius 3 is 2.38 bits per heavy atom. The lowest BCUT2D eigenvalue weighted by atomic mass is 9.63. The molecule has 0 bridgehead atoms. The molecule has 0 spiro atoms. The van der Waals surface area contributed by atoms with Gasteiger partial charge in [0, 0.05) is 29.2 Å². The van der Waals surface area contributed by atoms with Crippen LogP contribution in [0.2, 0.25) is 5.02 Å². The Morgan fingerprint density at radius 2 is 1.77 bits per heavy atom. The first-order valence-electron chi connectivity index (χ1n) is 12.6. The van der Waals surface area contributed by atoms with Gasteiger partial charge in [0.05, 0.1) is 22.7 Å². The summed E-state index contributed by atoms with van der Waals surface area (Å²) in [6.45, 7) is 7.70. The molecule has 8 heteroatoms. The maximum atomic E-state index is 15.8. The van der Waals surface area contributed by atoms with Crippen LogP contribution in [-0.4, -0.2) is 28.4 Å². The zero-order chi connectivity index (χ0) is 28.7. The van der Waals surface area contributed by atoms with Gasteiger partial charge in [0.15, 0.2) is 0 Å². The van der Waals surface area contributed by atoms with E-state index in [-0.39, 0.29) is 39.2 Å². The number of nitriles is 1. The zero-order valence-electron chi connectivity index (χ0n) is 22.1. The number of likely N-dealkylation sites (tertiary alicyclic amines) is 1. The van der Waals surface area contributed by atoms with Gasteiger partial charge in [-0.1, -0.05) is 62.7 Å². The van der Waals surface area contributed by atoms with Crippen LogP contribution in [0, 0.1) is 41.2 Å². The molecule has 1 saturated heterocycles. The number of nitrogens with zero attached hydrogens (tertiary/aromatic N) is 2. The summed E-state index contributed by atoms with van der Waals surface area (Å²) in [5.41, 5.74) is -1.31. The largest absolute Gasteiger partial charge is 0.478 e. The SMILES string of the molecule is Cc1ccc(C2(C#N)[C@H](CC(C)(C)C)CN(C(=O)c3cccc(C(=O)O)c3)[C@@H]2c2cccc(Cl)c2F)c(F)c1. The summed E-state index contributed by atoms with van der Waals surface area (Å²) in [5, 5.41) is 20.2. The molecular formula is C31H29ClF2N2O3. The van der Waals surface area contributed by atoms with Crippen molar-refractivity contribution >= 4 is 23.5 Å². The highest BCUT2D eigenvalue weighted by Crippen LogP contribution is 2.56. The quantitative estimate of drug-likeness (QED) is 0.360. The summed E-state index contributed by atoms with van der Waals surface area (Å²) >= 11 is 6.17. The van der Waals surface area contributed by atoms with Gasteiger partial charge in [-0.05, 0) is 54.7 Å². The molecule has 5 nitrogen and oxygen atoms in total. The predicted octanol–water partition coefficient (Wildman–Crippen LogP) is 7.34. The van der Waals surface area contributed by atoms with Crippen molar-refractivity contribution in [2.24, 2.45) is 11.3 Å². The Kier molecular flexibility index (Phi) is 7.55. The van der Waals surface area contributed by atoms with Crippen LogP contribution in [-0.2, 0) is 5.41 Å². The third-order valence-corrected chi connectivity index (χ3v) is 7.60. The number of amides is 1. The van der Waals surface area contributed by atoms with Crippen molar-refractivity contribution in [2.75, 3.05) is 6.54 Å². The molecule has 0 aromatic heterocycles. The van der Waals surface area contributed by atoms with Crippen LogP contribution in [0.3, 0.4) is 0 Å². The van der Waals surface area contributed by atoms with Gasteiger partial charge < -0.3 is 10.0 Å². The Morgan fingerprint density at radius 1 is 1.10 bits per heavy atom. The van der Waals surface area contributed by atoms with Crippen LogP contribution in [0.4, 0.5) is 8.78 Å². The smallest absolute Gasteiger partial charge is 0.335 e. The number of carboxylic acids is 1. The van der Waals surface area contributed by atoms with Crippen molar-refractivity contribution in [3.63, 3.8) is 0 Å². The predicted molar refractivity (Wildman–Crippen MR) is 145 cm³/mol. The Bertz CT molecular complexity index is 1490. The number of carboxylic acid groups (broad SMARTS) is 1. The van der Waals surface area contributed by atoms with E-state index in [1.807, 2.05) is 20.8 Å². The number of carbonyl (C=O) groups excluding carboxylic acids is 1. The summed E-state index contributed by atoms with van der Waals surface area (Å²) in [4.78, 5) is 27.0. The van der Waals surface area contributed by atoms with Crippen LogP contribution in [0.25, 0.3) is 0 Å². The lowest BCUT2D eigenvalue weighted by Gasteiger charge is -2.38. The number of aromatic carboxylic acids is 1. The molecule has 4 rings (SSSR count). The van der Waals surface area contributed by atoms with Gasteiger partial charge in [0.2, 0.25) is 0 Å². The maximum Gasteiger partial charge on any atom is 0.335 e. The fourth-order valence-electron chi connectivity index (χ4n) is 5.75. The minimum atomic E-state index is -1.67. The number of aryl methyl sites for hydroxylation is 1. The van der Waals surface area contributed by atoms with E-state index in [1.165, 1.54) is 59.5 Å². The highest BCUT2D eigenvalue weighted by molar-refractivity contribution is 6.30. The molecule has 3 aromatic rings. The van der Waals surface area contributed by atoms with E-state index in [0.717, 1.165) is 0 Å². The van der Waals surface area contributed by atoms with E-state index in [1.54, 1.807) is 13.0 Å². The topological polar surface area (TPSA) is 81.4 Å². The van der Waals surface area contributed by atoms with Crippen LogP contribution >= 0.6 is 11.6 Å². The zero-order valence-corrected chi connectivity index (χ0v) is 22.9. The maximum absolute atomic E-state index is 15.8. The molecule has 3 atom stereocenters. The van der Waals surface area contributed by atoms with Gasteiger partial charge in [-0.15, -0.1) is 0 Å². The molecule has 3 aromatic carbocycles. The van der Waals surface area contributed by atoms with E-state index in [2.05, 4.69) is 6.07 Å². The highest BCUT2D eigenvalue weighted by Gasteiger charge is 2.60. The molecule has 1 aliphatic rings. The molecular weight excluding hydrogens is 522 g/mol. The first kappa shape index (κ1) is 28.3. The molecule has 1 heterocycles. The van der Waals surface area contributed by atoms with Gasteiger partial charge in [-0.3, -0.25) is 4.79 Å². The van der Waals surface area contributed by atoms with E-state index >= 15 is 8.78 Å². The molecule has 1 fully saturated rings. The Hall–Kier alpha value is -3.76. The monoisotopic (exact) mass is 550 g/mol. The van der Waals surface area contributed by atoms with E-state index < -0.39 is 40.9 Å². The number of benzene rings is 3. The molecule has 39 heavy (non-hydrogen) atoms. The first-order valence-corrected chi connectivity index (χ1v) is 12.9. The van der Waals surface area contributed by atoms with Crippen molar-refractivity contribution in [3.05, 3.63) is 105 Å². The molecule has 1 N–H and O–H groups in total. The lowest BCUT2D eigenvalue weighted by molar-refractivity contribution is 0.0697. The summed E-state index contributed by atoms with van der Waals surface area (Å²) in [7, 11) is 0. The van der Waals surface area contributed by atoms with Crippen LogP contribution in [0.5, 0.6) is 0 Å². The fraction of sp³-hybridized carbons (Fsp3) is 0.323. The first-order chi connectivity index (χ1) is 18.3. The number of halogens is 3. The molecule has 202 valence electrons. The van der Waals surface area contributed by atoms with E-state index in [0.29, 0.717) is 12.0 Å². The summed E-state index contributed by atoms with van der Waals surface area (Å²) < 4.78 is 31.5. The normalized spacial score (nSPS) is 21.0.